The summed E-state index contributed by atoms with van der Waals surface area (Å²) in [5.41, 5.74) is 0. The van der Waals surface area contributed by atoms with Gasteiger partial charge >= 0.3 is 0 Å². The molecule has 1 saturated heterocycles. The number of aromatic nitrogens is 4. The summed E-state index contributed by atoms with van der Waals surface area (Å²) in [4.78, 5) is 3.80. The first kappa shape index (κ1) is 14.4. The number of likely N-dealkylation sites (N-methyl/N-ethyl adjacent to an activating group) is 1. The second kappa shape index (κ2) is 6.93. The summed E-state index contributed by atoms with van der Waals surface area (Å²) >= 11 is 0. The third kappa shape index (κ3) is 4.22. The van der Waals surface area contributed by atoms with E-state index in [9.17, 15) is 0 Å². The minimum Gasteiger partial charge on any atom is -0.374 e. The van der Waals surface area contributed by atoms with Gasteiger partial charge in [-0.15, -0.1) is 10.2 Å². The number of nitrogens with one attached hydrogen (secondary N) is 1. The molecule has 0 bridgehead atoms. The van der Waals surface area contributed by atoms with Crippen LogP contribution in [0.5, 0.6) is 0 Å². The number of hydrogen-bond donors (Lipinski definition) is 1. The molecular weight excluding hydrogens is 244 g/mol. The fraction of sp³-hybridized carbons (Fsp3) is 0.917. The van der Waals surface area contributed by atoms with E-state index in [2.05, 4.69) is 39.6 Å². The topological polar surface area (TPSA) is 68.1 Å². The lowest BCUT2D eigenvalue weighted by molar-refractivity contribution is -0.0386. The third-order valence-electron chi connectivity index (χ3n) is 3.35. The number of morpholine rings is 1. The van der Waals surface area contributed by atoms with Crippen molar-refractivity contribution in [3.8, 4) is 0 Å². The zero-order chi connectivity index (χ0) is 13.7. The normalized spacial score (nSPS) is 22.6. The van der Waals surface area contributed by atoms with Gasteiger partial charge in [-0.25, -0.2) is 0 Å². The molecular formula is C12H24N6O. The number of nitrogens with zero attached hydrogens (tertiary/aromatic N) is 5. The molecule has 2 atom stereocenters. The van der Waals surface area contributed by atoms with Crippen molar-refractivity contribution < 1.29 is 4.74 Å². The molecule has 0 aromatic carbocycles. The fourth-order valence-electron chi connectivity index (χ4n) is 2.32. The Labute approximate surface area is 114 Å². The van der Waals surface area contributed by atoms with Crippen LogP contribution in [0.2, 0.25) is 0 Å². The molecule has 19 heavy (non-hydrogen) atoms. The van der Waals surface area contributed by atoms with Crippen molar-refractivity contribution in [3.63, 3.8) is 0 Å². The molecule has 0 amide bonds. The molecule has 0 spiro atoms. The van der Waals surface area contributed by atoms with E-state index in [0.29, 0.717) is 0 Å². The van der Waals surface area contributed by atoms with E-state index in [1.165, 1.54) is 4.80 Å². The molecule has 0 aliphatic carbocycles. The molecule has 1 aliphatic heterocycles. The molecule has 2 unspecified atom stereocenters. The Morgan fingerprint density at radius 1 is 1.47 bits per heavy atom. The van der Waals surface area contributed by atoms with Gasteiger partial charge < -0.3 is 15.0 Å². The Morgan fingerprint density at radius 3 is 2.95 bits per heavy atom. The van der Waals surface area contributed by atoms with Crippen molar-refractivity contribution in [1.29, 1.82) is 0 Å². The van der Waals surface area contributed by atoms with Gasteiger partial charge in [-0.05, 0) is 25.2 Å². The smallest absolute Gasteiger partial charge is 0.176 e. The summed E-state index contributed by atoms with van der Waals surface area (Å²) in [5.74, 6) is 0.771. The Kier molecular flexibility index (Phi) is 5.24. The number of rotatable bonds is 6. The zero-order valence-corrected chi connectivity index (χ0v) is 12.0. The molecule has 1 aromatic heterocycles. The van der Waals surface area contributed by atoms with Crippen LogP contribution in [0.25, 0.3) is 0 Å². The average Bonchev–Trinajstić information content (AvgIpc) is 2.80. The van der Waals surface area contributed by atoms with Crippen LogP contribution in [0.1, 0.15) is 19.2 Å². The summed E-state index contributed by atoms with van der Waals surface area (Å²) < 4.78 is 5.90. The molecule has 2 heterocycles. The predicted molar refractivity (Wildman–Crippen MR) is 71.8 cm³/mol. The lowest BCUT2D eigenvalue weighted by atomic mass is 10.1. The van der Waals surface area contributed by atoms with E-state index in [1.54, 1.807) is 7.05 Å². The SMILES string of the molecule is CCCNC(Cc1nnn(C)n1)C1CN(C)CCO1. The van der Waals surface area contributed by atoms with Crippen LogP contribution in [-0.4, -0.2) is 70.5 Å². The maximum absolute atomic E-state index is 5.90. The maximum atomic E-state index is 5.90. The second-order valence-corrected chi connectivity index (χ2v) is 5.13. The second-order valence-electron chi connectivity index (χ2n) is 5.13. The van der Waals surface area contributed by atoms with Crippen molar-refractivity contribution >= 4 is 0 Å². The van der Waals surface area contributed by atoms with Gasteiger partial charge in [0.1, 0.15) is 0 Å². The molecule has 0 saturated carbocycles. The largest absolute Gasteiger partial charge is 0.374 e. The first-order chi connectivity index (χ1) is 9.19. The van der Waals surface area contributed by atoms with Crippen LogP contribution in [0.15, 0.2) is 0 Å². The van der Waals surface area contributed by atoms with E-state index >= 15 is 0 Å². The first-order valence-electron chi connectivity index (χ1n) is 6.95. The van der Waals surface area contributed by atoms with E-state index in [1.807, 2.05) is 0 Å². The average molecular weight is 268 g/mol. The lowest BCUT2D eigenvalue weighted by Crippen LogP contribution is -2.52. The van der Waals surface area contributed by atoms with E-state index in [0.717, 1.165) is 44.9 Å². The first-order valence-corrected chi connectivity index (χ1v) is 6.95. The van der Waals surface area contributed by atoms with E-state index in [4.69, 9.17) is 4.74 Å². The van der Waals surface area contributed by atoms with E-state index in [-0.39, 0.29) is 12.1 Å². The van der Waals surface area contributed by atoms with Crippen molar-refractivity contribution in [3.05, 3.63) is 5.82 Å². The number of tetrazole rings is 1. The lowest BCUT2D eigenvalue weighted by Gasteiger charge is -2.35. The minimum atomic E-state index is 0.189. The Balaban J connectivity index is 1.97. The highest BCUT2D eigenvalue weighted by Crippen LogP contribution is 2.10. The molecule has 0 radical (unpaired) electrons. The van der Waals surface area contributed by atoms with Crippen molar-refractivity contribution in [2.75, 3.05) is 33.3 Å². The van der Waals surface area contributed by atoms with Crippen LogP contribution in [-0.2, 0) is 18.2 Å². The summed E-state index contributed by atoms with van der Waals surface area (Å²) in [6, 6.07) is 0.243. The summed E-state index contributed by atoms with van der Waals surface area (Å²) in [6.45, 7) is 5.88. The molecule has 2 rings (SSSR count). The maximum Gasteiger partial charge on any atom is 0.176 e. The summed E-state index contributed by atoms with van der Waals surface area (Å²) in [6.07, 6.45) is 2.05. The Morgan fingerprint density at radius 2 is 2.32 bits per heavy atom. The van der Waals surface area contributed by atoms with Gasteiger partial charge in [-0.1, -0.05) is 6.92 Å². The number of aryl methyl sites for hydroxylation is 1. The van der Waals surface area contributed by atoms with Gasteiger partial charge in [-0.2, -0.15) is 4.80 Å². The molecule has 7 heteroatoms. The number of hydrogen-bond acceptors (Lipinski definition) is 6. The minimum absolute atomic E-state index is 0.189. The van der Waals surface area contributed by atoms with Crippen LogP contribution in [0, 0.1) is 0 Å². The van der Waals surface area contributed by atoms with Crippen molar-refractivity contribution in [2.24, 2.45) is 7.05 Å². The zero-order valence-electron chi connectivity index (χ0n) is 12.0. The van der Waals surface area contributed by atoms with E-state index < -0.39 is 0 Å². The highest BCUT2D eigenvalue weighted by atomic mass is 16.5. The van der Waals surface area contributed by atoms with Crippen LogP contribution in [0.3, 0.4) is 0 Å². The quantitative estimate of drug-likeness (QED) is 0.747. The standard InChI is InChI=1S/C12H24N6O/c1-4-5-13-10(8-12-14-16-18(3)15-12)11-9-17(2)6-7-19-11/h10-11,13H,4-9H2,1-3H3. The molecule has 1 N–H and O–H groups in total. The Bertz CT molecular complexity index is 382. The highest BCUT2D eigenvalue weighted by Gasteiger charge is 2.27. The van der Waals surface area contributed by atoms with Gasteiger partial charge in [-0.3, -0.25) is 0 Å². The fourth-order valence-corrected chi connectivity index (χ4v) is 2.32. The molecule has 108 valence electrons. The van der Waals surface area contributed by atoms with Gasteiger partial charge in [0.2, 0.25) is 0 Å². The van der Waals surface area contributed by atoms with Crippen molar-refractivity contribution in [1.82, 2.24) is 30.4 Å². The third-order valence-corrected chi connectivity index (χ3v) is 3.35. The predicted octanol–water partition coefficient (Wildman–Crippen LogP) is -0.549. The Hall–Kier alpha value is -1.05. The van der Waals surface area contributed by atoms with Gasteiger partial charge in [0.25, 0.3) is 0 Å². The highest BCUT2D eigenvalue weighted by molar-refractivity contribution is 4.91. The molecule has 1 fully saturated rings. The molecule has 1 aliphatic rings. The van der Waals surface area contributed by atoms with Gasteiger partial charge in [0.05, 0.1) is 19.8 Å². The van der Waals surface area contributed by atoms with Crippen LogP contribution < -0.4 is 5.32 Å². The van der Waals surface area contributed by atoms with Crippen LogP contribution in [0.4, 0.5) is 0 Å². The summed E-state index contributed by atoms with van der Waals surface area (Å²) in [7, 11) is 3.92. The van der Waals surface area contributed by atoms with Gasteiger partial charge in [0.15, 0.2) is 5.82 Å². The summed E-state index contributed by atoms with van der Waals surface area (Å²) in [5, 5.41) is 15.8. The molecule has 7 nitrogen and oxygen atoms in total. The van der Waals surface area contributed by atoms with Crippen molar-refractivity contribution in [2.45, 2.75) is 31.9 Å². The van der Waals surface area contributed by atoms with Gasteiger partial charge in [0, 0.05) is 25.6 Å². The monoisotopic (exact) mass is 268 g/mol. The van der Waals surface area contributed by atoms with Crippen LogP contribution >= 0.6 is 0 Å². The molecule has 1 aromatic rings. The number of ether oxygens (including phenoxy) is 1.